The minimum Gasteiger partial charge on any atom is -0.356 e. The van der Waals surface area contributed by atoms with Crippen molar-refractivity contribution in [3.05, 3.63) is 11.6 Å². The molecule has 0 saturated heterocycles. The van der Waals surface area contributed by atoms with E-state index in [-0.39, 0.29) is 24.0 Å². The molecule has 6 nitrogen and oxygen atoms in total. The number of halogens is 1. The first kappa shape index (κ1) is 21.4. The molecule has 0 spiro atoms. The molecule has 1 aromatic heterocycles. The summed E-state index contributed by atoms with van der Waals surface area (Å²) in [6.07, 6.45) is 10.2. The van der Waals surface area contributed by atoms with Crippen LogP contribution in [0.25, 0.3) is 0 Å². The van der Waals surface area contributed by atoms with Crippen LogP contribution in [-0.4, -0.2) is 40.4 Å². The van der Waals surface area contributed by atoms with Gasteiger partial charge in [-0.2, -0.15) is 0 Å². The molecule has 2 aliphatic rings. The third-order valence-electron chi connectivity index (χ3n) is 5.90. The number of rotatable bonds is 5. The maximum Gasteiger partial charge on any atom is 0.191 e. The van der Waals surface area contributed by atoms with Crippen molar-refractivity contribution in [1.29, 1.82) is 0 Å². The van der Waals surface area contributed by atoms with E-state index in [0.717, 1.165) is 43.0 Å². The first-order valence-corrected chi connectivity index (χ1v) is 10.1. The molecule has 1 atom stereocenters. The zero-order chi connectivity index (χ0) is 17.6. The molecule has 1 unspecified atom stereocenters. The standard InChI is InChI=1S/C19H34N6.HI/c1-4-5-15-6-9-17(10-7-15)22-19(20-3)21-12-16-8-11-18-24-23-14(2)25(18)13-16;/h15-17H,4-13H2,1-3H3,(H2,20,21,22);1H. The SMILES string of the molecule is CCCC1CCC(NC(=NC)NCC2CCc3nnc(C)n3C2)CC1.I. The lowest BCUT2D eigenvalue weighted by molar-refractivity contribution is 0.294. The molecule has 1 fully saturated rings. The van der Waals surface area contributed by atoms with Crippen molar-refractivity contribution in [1.82, 2.24) is 25.4 Å². The number of aliphatic imine (C=N–C) groups is 1. The monoisotopic (exact) mass is 474 g/mol. The zero-order valence-corrected chi connectivity index (χ0v) is 18.8. The van der Waals surface area contributed by atoms with Gasteiger partial charge in [0.25, 0.3) is 0 Å². The summed E-state index contributed by atoms with van der Waals surface area (Å²) in [5.41, 5.74) is 0. The van der Waals surface area contributed by atoms with Crippen LogP contribution in [0.1, 0.15) is 63.5 Å². The molecule has 2 N–H and O–H groups in total. The molecule has 2 heterocycles. The summed E-state index contributed by atoms with van der Waals surface area (Å²) in [5.74, 6) is 4.69. The van der Waals surface area contributed by atoms with Crippen LogP contribution in [-0.2, 0) is 13.0 Å². The molecule has 0 aromatic carbocycles. The number of fused-ring (bicyclic) bond motifs is 1. The Kier molecular flexibility index (Phi) is 8.63. The van der Waals surface area contributed by atoms with E-state index in [0.29, 0.717) is 12.0 Å². The molecule has 7 heteroatoms. The van der Waals surface area contributed by atoms with Crippen LogP contribution in [0.4, 0.5) is 0 Å². The van der Waals surface area contributed by atoms with Gasteiger partial charge in [0.2, 0.25) is 0 Å². The second-order valence-corrected chi connectivity index (χ2v) is 7.78. The molecular weight excluding hydrogens is 439 g/mol. The molecular formula is C19H35IN6. The fourth-order valence-electron chi connectivity index (χ4n) is 4.33. The predicted molar refractivity (Wildman–Crippen MR) is 117 cm³/mol. The van der Waals surface area contributed by atoms with Crippen LogP contribution in [0.15, 0.2) is 4.99 Å². The van der Waals surface area contributed by atoms with Crippen LogP contribution < -0.4 is 10.6 Å². The van der Waals surface area contributed by atoms with Gasteiger partial charge in [0, 0.05) is 32.6 Å². The Labute approximate surface area is 175 Å². The first-order valence-electron chi connectivity index (χ1n) is 10.1. The number of aryl methyl sites for hydroxylation is 2. The van der Waals surface area contributed by atoms with Crippen LogP contribution in [0.2, 0.25) is 0 Å². The van der Waals surface area contributed by atoms with E-state index >= 15 is 0 Å². The summed E-state index contributed by atoms with van der Waals surface area (Å²) in [6, 6.07) is 0.581. The van der Waals surface area contributed by atoms with E-state index in [1.54, 1.807) is 0 Å². The number of nitrogens with zero attached hydrogens (tertiary/aromatic N) is 4. The van der Waals surface area contributed by atoms with Crippen molar-refractivity contribution in [3.8, 4) is 0 Å². The number of aromatic nitrogens is 3. The maximum atomic E-state index is 4.44. The molecule has 3 rings (SSSR count). The minimum atomic E-state index is 0. The van der Waals surface area contributed by atoms with Crippen molar-refractivity contribution in [2.24, 2.45) is 16.8 Å². The summed E-state index contributed by atoms with van der Waals surface area (Å²) in [6.45, 7) is 6.32. The van der Waals surface area contributed by atoms with Crippen LogP contribution >= 0.6 is 24.0 Å². The largest absolute Gasteiger partial charge is 0.356 e. The van der Waals surface area contributed by atoms with E-state index in [1.807, 2.05) is 14.0 Å². The average molecular weight is 474 g/mol. The lowest BCUT2D eigenvalue weighted by Crippen LogP contribution is -2.46. The van der Waals surface area contributed by atoms with Crippen LogP contribution in [0.5, 0.6) is 0 Å². The van der Waals surface area contributed by atoms with Crippen molar-refractivity contribution in [3.63, 3.8) is 0 Å². The minimum absolute atomic E-state index is 0. The highest BCUT2D eigenvalue weighted by atomic mass is 127. The van der Waals surface area contributed by atoms with Gasteiger partial charge >= 0.3 is 0 Å². The fraction of sp³-hybridized carbons (Fsp3) is 0.842. The van der Waals surface area contributed by atoms with Gasteiger partial charge in [-0.15, -0.1) is 34.2 Å². The number of hydrogen-bond acceptors (Lipinski definition) is 3. The van der Waals surface area contributed by atoms with E-state index in [4.69, 9.17) is 0 Å². The number of hydrogen-bond donors (Lipinski definition) is 2. The summed E-state index contributed by atoms with van der Waals surface area (Å²) in [5, 5.41) is 15.6. The normalized spacial score (nSPS) is 26.0. The summed E-state index contributed by atoms with van der Waals surface area (Å²) < 4.78 is 2.26. The molecule has 148 valence electrons. The van der Waals surface area contributed by atoms with Crippen LogP contribution in [0, 0.1) is 18.8 Å². The van der Waals surface area contributed by atoms with E-state index in [2.05, 4.69) is 37.3 Å². The average Bonchev–Trinajstić information content (AvgIpc) is 3.01. The summed E-state index contributed by atoms with van der Waals surface area (Å²) >= 11 is 0. The lowest BCUT2D eigenvalue weighted by atomic mass is 9.83. The van der Waals surface area contributed by atoms with Gasteiger partial charge in [0.15, 0.2) is 5.96 Å². The highest BCUT2D eigenvalue weighted by Gasteiger charge is 2.23. The smallest absolute Gasteiger partial charge is 0.191 e. The summed E-state index contributed by atoms with van der Waals surface area (Å²) in [4.78, 5) is 4.44. The van der Waals surface area contributed by atoms with E-state index in [9.17, 15) is 0 Å². The second-order valence-electron chi connectivity index (χ2n) is 7.78. The van der Waals surface area contributed by atoms with Crippen molar-refractivity contribution in [2.45, 2.75) is 77.8 Å². The molecule has 0 radical (unpaired) electrons. The van der Waals surface area contributed by atoms with Gasteiger partial charge < -0.3 is 15.2 Å². The number of guanidine groups is 1. The molecule has 1 aliphatic heterocycles. The Morgan fingerprint density at radius 1 is 1.15 bits per heavy atom. The predicted octanol–water partition coefficient (Wildman–Crippen LogP) is 3.29. The summed E-state index contributed by atoms with van der Waals surface area (Å²) in [7, 11) is 1.88. The molecule has 0 amide bonds. The Hall–Kier alpha value is -0.860. The first-order chi connectivity index (χ1) is 12.2. The Morgan fingerprint density at radius 2 is 1.92 bits per heavy atom. The Balaban J connectivity index is 0.00000243. The van der Waals surface area contributed by atoms with Crippen LogP contribution in [0.3, 0.4) is 0 Å². The molecule has 1 saturated carbocycles. The maximum absolute atomic E-state index is 4.44. The van der Waals surface area contributed by atoms with Gasteiger partial charge in [-0.3, -0.25) is 4.99 Å². The topological polar surface area (TPSA) is 67.1 Å². The quantitative estimate of drug-likeness (QED) is 0.391. The highest BCUT2D eigenvalue weighted by molar-refractivity contribution is 14.0. The molecule has 26 heavy (non-hydrogen) atoms. The van der Waals surface area contributed by atoms with Gasteiger partial charge in [0.1, 0.15) is 11.6 Å². The lowest BCUT2D eigenvalue weighted by Gasteiger charge is -2.31. The zero-order valence-electron chi connectivity index (χ0n) is 16.5. The van der Waals surface area contributed by atoms with Crippen molar-refractivity contribution >= 4 is 29.9 Å². The van der Waals surface area contributed by atoms with Gasteiger partial charge in [-0.05, 0) is 50.9 Å². The second kappa shape index (κ2) is 10.5. The Morgan fingerprint density at radius 3 is 2.62 bits per heavy atom. The highest BCUT2D eigenvalue weighted by Crippen LogP contribution is 2.27. The van der Waals surface area contributed by atoms with Gasteiger partial charge in [0.05, 0.1) is 0 Å². The molecule has 1 aliphatic carbocycles. The third kappa shape index (κ3) is 5.57. The van der Waals surface area contributed by atoms with Gasteiger partial charge in [-0.25, -0.2) is 0 Å². The van der Waals surface area contributed by atoms with Crippen molar-refractivity contribution in [2.75, 3.05) is 13.6 Å². The number of nitrogens with one attached hydrogen (secondary N) is 2. The molecule has 0 bridgehead atoms. The fourth-order valence-corrected chi connectivity index (χ4v) is 4.33. The molecule has 1 aromatic rings. The Bertz CT molecular complexity index is 577. The van der Waals surface area contributed by atoms with Gasteiger partial charge in [-0.1, -0.05) is 19.8 Å². The van der Waals surface area contributed by atoms with E-state index in [1.165, 1.54) is 44.9 Å². The van der Waals surface area contributed by atoms with Crippen molar-refractivity contribution < 1.29 is 0 Å². The third-order valence-corrected chi connectivity index (χ3v) is 5.90. The van der Waals surface area contributed by atoms with E-state index < -0.39 is 0 Å².